The zero-order chi connectivity index (χ0) is 12.3. The van der Waals surface area contributed by atoms with Gasteiger partial charge in [-0.2, -0.15) is 0 Å². The van der Waals surface area contributed by atoms with Gasteiger partial charge in [-0.3, -0.25) is 0 Å². The molecule has 0 aliphatic rings. The number of aryl methyl sites for hydroxylation is 2. The molecule has 0 spiro atoms. The molecule has 0 heterocycles. The third kappa shape index (κ3) is 2.93. The highest BCUT2D eigenvalue weighted by Gasteiger charge is 2.13. The summed E-state index contributed by atoms with van der Waals surface area (Å²) in [6.07, 6.45) is 0.622. The van der Waals surface area contributed by atoms with Crippen molar-refractivity contribution in [1.82, 2.24) is 0 Å². The number of benzene rings is 1. The van der Waals surface area contributed by atoms with Crippen LogP contribution in [0.5, 0.6) is 0 Å². The lowest BCUT2D eigenvalue weighted by molar-refractivity contribution is -0.131. The lowest BCUT2D eigenvalue weighted by atomic mass is 10.2. The Morgan fingerprint density at radius 1 is 1.31 bits per heavy atom. The van der Waals surface area contributed by atoms with Gasteiger partial charge < -0.3 is 5.11 Å². The highest BCUT2D eigenvalue weighted by Crippen LogP contribution is 2.18. The molecule has 0 aliphatic carbocycles. The minimum Gasteiger partial charge on any atom is -0.478 e. The Kier molecular flexibility index (Phi) is 3.49. The zero-order valence-corrected chi connectivity index (χ0v) is 9.78. The van der Waals surface area contributed by atoms with E-state index in [1.165, 1.54) is 6.07 Å². The molecule has 5 heteroatoms. The van der Waals surface area contributed by atoms with E-state index in [-0.39, 0.29) is 4.90 Å². The largest absolute Gasteiger partial charge is 0.478 e. The molecule has 1 rings (SSSR count). The van der Waals surface area contributed by atoms with Crippen molar-refractivity contribution in [3.05, 3.63) is 40.8 Å². The first-order valence-electron chi connectivity index (χ1n) is 4.56. The van der Waals surface area contributed by atoms with Crippen molar-refractivity contribution < 1.29 is 18.3 Å². The molecule has 1 aromatic rings. The van der Waals surface area contributed by atoms with Crippen LogP contribution in [0.15, 0.2) is 34.6 Å². The van der Waals surface area contributed by atoms with E-state index >= 15 is 0 Å². The Morgan fingerprint density at radius 2 is 1.94 bits per heavy atom. The molecule has 0 saturated carbocycles. The first-order chi connectivity index (χ1) is 7.33. The van der Waals surface area contributed by atoms with Crippen LogP contribution in [-0.4, -0.2) is 19.5 Å². The monoisotopic (exact) mass is 240 g/mol. The third-order valence-corrected chi connectivity index (χ3v) is 3.59. The van der Waals surface area contributed by atoms with Gasteiger partial charge in [-0.1, -0.05) is 12.1 Å². The molecule has 0 aromatic heterocycles. The fourth-order valence-electron chi connectivity index (χ4n) is 1.23. The summed E-state index contributed by atoms with van der Waals surface area (Å²) < 4.78 is 23.5. The lowest BCUT2D eigenvalue weighted by Gasteiger charge is -2.04. The normalized spacial score (nSPS) is 11.9. The Hall–Kier alpha value is -1.62. The number of carbonyl (C=O) groups is 1. The second-order valence-corrected chi connectivity index (χ2v) is 5.26. The molecule has 0 fully saturated rings. The fourth-order valence-corrected chi connectivity index (χ4v) is 2.54. The van der Waals surface area contributed by atoms with Gasteiger partial charge in [-0.25, -0.2) is 13.2 Å². The van der Waals surface area contributed by atoms with Crippen LogP contribution in [0.25, 0.3) is 0 Å². The highest BCUT2D eigenvalue weighted by molar-refractivity contribution is 7.94. The molecule has 0 aliphatic heterocycles. The standard InChI is InChI=1S/C11H12O4S/c1-8-3-4-9(2)10(7-8)16(14,15)6-5-11(12)13/h3-7H,1-2H3,(H,12,13)/b6-5+. The number of rotatable bonds is 3. The fraction of sp³-hybridized carbons (Fsp3) is 0.182. The summed E-state index contributed by atoms with van der Waals surface area (Å²) in [5.74, 6) is -1.28. The molecule has 16 heavy (non-hydrogen) atoms. The molecule has 0 amide bonds. The molecule has 0 saturated heterocycles. The van der Waals surface area contributed by atoms with Gasteiger partial charge in [0.15, 0.2) is 9.84 Å². The Morgan fingerprint density at radius 3 is 2.50 bits per heavy atom. The van der Waals surface area contributed by atoms with Gasteiger partial charge in [0, 0.05) is 11.5 Å². The van der Waals surface area contributed by atoms with Crippen molar-refractivity contribution in [2.75, 3.05) is 0 Å². The number of carboxylic acid groups (broad SMARTS) is 1. The number of hydrogen-bond donors (Lipinski definition) is 1. The molecule has 0 unspecified atom stereocenters. The van der Waals surface area contributed by atoms with Crippen LogP contribution in [0.4, 0.5) is 0 Å². The third-order valence-electron chi connectivity index (χ3n) is 2.04. The summed E-state index contributed by atoms with van der Waals surface area (Å²) >= 11 is 0. The maximum Gasteiger partial charge on any atom is 0.329 e. The zero-order valence-electron chi connectivity index (χ0n) is 8.97. The first-order valence-corrected chi connectivity index (χ1v) is 6.11. The molecular formula is C11H12O4S. The Bertz CT molecular complexity index is 541. The van der Waals surface area contributed by atoms with Crippen LogP contribution in [0.3, 0.4) is 0 Å². The van der Waals surface area contributed by atoms with Crippen molar-refractivity contribution in [2.45, 2.75) is 18.7 Å². The summed E-state index contributed by atoms with van der Waals surface area (Å²) in [6.45, 7) is 3.44. The van der Waals surface area contributed by atoms with Crippen molar-refractivity contribution in [3.63, 3.8) is 0 Å². The molecule has 4 nitrogen and oxygen atoms in total. The van der Waals surface area contributed by atoms with Crippen molar-refractivity contribution in [2.24, 2.45) is 0 Å². The van der Waals surface area contributed by atoms with Crippen molar-refractivity contribution in [1.29, 1.82) is 0 Å². The Labute approximate surface area is 94.1 Å². The molecule has 0 atom stereocenters. The molecule has 86 valence electrons. The Balaban J connectivity index is 3.27. The smallest absolute Gasteiger partial charge is 0.329 e. The van der Waals surface area contributed by atoms with Crippen LogP contribution >= 0.6 is 0 Å². The molecule has 0 bridgehead atoms. The summed E-state index contributed by atoms with van der Waals surface area (Å²) in [6, 6.07) is 5.02. The van der Waals surface area contributed by atoms with E-state index in [2.05, 4.69) is 0 Å². The van der Waals surface area contributed by atoms with Crippen molar-refractivity contribution in [3.8, 4) is 0 Å². The average Bonchev–Trinajstić information content (AvgIpc) is 2.19. The average molecular weight is 240 g/mol. The summed E-state index contributed by atoms with van der Waals surface area (Å²) in [4.78, 5) is 10.4. The van der Waals surface area contributed by atoms with Gasteiger partial charge >= 0.3 is 5.97 Å². The predicted octanol–water partition coefficient (Wildman–Crippen LogP) is 1.68. The topological polar surface area (TPSA) is 71.4 Å². The van der Waals surface area contributed by atoms with Gasteiger partial charge in [-0.05, 0) is 31.0 Å². The quantitative estimate of drug-likeness (QED) is 0.816. The first kappa shape index (κ1) is 12.4. The van der Waals surface area contributed by atoms with E-state index in [1.54, 1.807) is 26.0 Å². The van der Waals surface area contributed by atoms with Crippen molar-refractivity contribution >= 4 is 15.8 Å². The second-order valence-electron chi connectivity index (χ2n) is 3.45. The molecule has 1 N–H and O–H groups in total. The summed E-state index contributed by atoms with van der Waals surface area (Å²) in [5.41, 5.74) is 1.41. The SMILES string of the molecule is Cc1ccc(C)c(S(=O)(=O)/C=C/C(=O)O)c1. The molecule has 0 radical (unpaired) electrons. The minimum atomic E-state index is -3.67. The van der Waals surface area contributed by atoms with Crippen LogP contribution in [-0.2, 0) is 14.6 Å². The van der Waals surface area contributed by atoms with Crippen LogP contribution in [0.1, 0.15) is 11.1 Å². The van der Waals surface area contributed by atoms with Crippen LogP contribution in [0.2, 0.25) is 0 Å². The highest BCUT2D eigenvalue weighted by atomic mass is 32.2. The van der Waals surface area contributed by atoms with Gasteiger partial charge in [0.25, 0.3) is 0 Å². The van der Waals surface area contributed by atoms with Crippen LogP contribution < -0.4 is 0 Å². The molecule has 1 aromatic carbocycles. The summed E-state index contributed by atoms with van der Waals surface area (Å²) in [7, 11) is -3.67. The van der Waals surface area contributed by atoms with Gasteiger partial charge in [0.1, 0.15) is 0 Å². The van der Waals surface area contributed by atoms with E-state index in [1.807, 2.05) is 0 Å². The second kappa shape index (κ2) is 4.49. The lowest BCUT2D eigenvalue weighted by Crippen LogP contribution is -2.01. The summed E-state index contributed by atoms with van der Waals surface area (Å²) in [5, 5.41) is 9.10. The maximum atomic E-state index is 11.8. The van der Waals surface area contributed by atoms with E-state index in [9.17, 15) is 13.2 Å². The van der Waals surface area contributed by atoms with Crippen LogP contribution in [0, 0.1) is 13.8 Å². The van der Waals surface area contributed by atoms with Gasteiger partial charge in [0.05, 0.1) is 4.90 Å². The van der Waals surface area contributed by atoms with Gasteiger partial charge in [0.2, 0.25) is 0 Å². The van der Waals surface area contributed by atoms with E-state index in [0.717, 1.165) is 5.56 Å². The number of carboxylic acids is 1. The van der Waals surface area contributed by atoms with E-state index in [0.29, 0.717) is 17.0 Å². The number of sulfone groups is 1. The van der Waals surface area contributed by atoms with E-state index in [4.69, 9.17) is 5.11 Å². The maximum absolute atomic E-state index is 11.8. The predicted molar refractivity (Wildman–Crippen MR) is 59.9 cm³/mol. The number of hydrogen-bond acceptors (Lipinski definition) is 3. The number of aliphatic carboxylic acids is 1. The van der Waals surface area contributed by atoms with E-state index < -0.39 is 15.8 Å². The molecular weight excluding hydrogens is 228 g/mol. The minimum absolute atomic E-state index is 0.144. The van der Waals surface area contributed by atoms with Gasteiger partial charge in [-0.15, -0.1) is 0 Å².